The van der Waals surface area contributed by atoms with E-state index in [9.17, 15) is 9.59 Å². The van der Waals surface area contributed by atoms with Crippen LogP contribution in [-0.4, -0.2) is 24.3 Å². The van der Waals surface area contributed by atoms with Crippen LogP contribution < -0.4 is 5.73 Å². The molecule has 0 spiro atoms. The van der Waals surface area contributed by atoms with Crippen LogP contribution in [0.5, 0.6) is 0 Å². The molecule has 0 aromatic carbocycles. The predicted octanol–water partition coefficient (Wildman–Crippen LogP) is 1.37. The topological polar surface area (TPSA) is 78.6 Å². The molecule has 5 nitrogen and oxygen atoms in total. The SMILES string of the molecule is C=C(C(=O)OC(=O)OC(C)CC)[C@@H](C)N. The zero-order chi connectivity index (χ0) is 12.0. The molecule has 1 unspecified atom stereocenters. The number of nitrogens with two attached hydrogens (primary N) is 1. The summed E-state index contributed by atoms with van der Waals surface area (Å²) in [5, 5.41) is 0. The third-order valence-electron chi connectivity index (χ3n) is 1.86. The van der Waals surface area contributed by atoms with Gasteiger partial charge in [-0.2, -0.15) is 0 Å². The Labute approximate surface area is 89.2 Å². The molecule has 0 rings (SSSR count). The van der Waals surface area contributed by atoms with E-state index in [0.717, 1.165) is 0 Å². The third-order valence-corrected chi connectivity index (χ3v) is 1.86. The first-order valence-electron chi connectivity index (χ1n) is 4.75. The van der Waals surface area contributed by atoms with Gasteiger partial charge in [-0.05, 0) is 20.3 Å². The molecule has 0 aromatic rings. The first kappa shape index (κ1) is 13.6. The summed E-state index contributed by atoms with van der Waals surface area (Å²) < 4.78 is 9.10. The van der Waals surface area contributed by atoms with Crippen molar-refractivity contribution >= 4 is 12.1 Å². The van der Waals surface area contributed by atoms with Gasteiger partial charge in [0.25, 0.3) is 0 Å². The molecule has 0 radical (unpaired) electrons. The Morgan fingerprint density at radius 1 is 1.40 bits per heavy atom. The number of hydrogen-bond acceptors (Lipinski definition) is 5. The summed E-state index contributed by atoms with van der Waals surface area (Å²) in [5.74, 6) is -0.849. The van der Waals surface area contributed by atoms with Crippen LogP contribution in [0.2, 0.25) is 0 Å². The van der Waals surface area contributed by atoms with E-state index in [1.807, 2.05) is 6.92 Å². The van der Waals surface area contributed by atoms with Gasteiger partial charge in [0, 0.05) is 11.6 Å². The van der Waals surface area contributed by atoms with Crippen molar-refractivity contribution in [1.29, 1.82) is 0 Å². The van der Waals surface area contributed by atoms with Gasteiger partial charge in [-0.25, -0.2) is 9.59 Å². The van der Waals surface area contributed by atoms with E-state index in [0.29, 0.717) is 6.42 Å². The van der Waals surface area contributed by atoms with Crippen LogP contribution in [0.1, 0.15) is 27.2 Å². The largest absolute Gasteiger partial charge is 0.516 e. The summed E-state index contributed by atoms with van der Waals surface area (Å²) in [6, 6.07) is -0.547. The van der Waals surface area contributed by atoms with Gasteiger partial charge < -0.3 is 15.2 Å². The third kappa shape index (κ3) is 5.17. The maximum Gasteiger partial charge on any atom is 0.516 e. The van der Waals surface area contributed by atoms with E-state index in [1.165, 1.54) is 0 Å². The van der Waals surface area contributed by atoms with Gasteiger partial charge in [-0.15, -0.1) is 0 Å². The van der Waals surface area contributed by atoms with Gasteiger partial charge in [-0.1, -0.05) is 13.5 Å². The van der Waals surface area contributed by atoms with Crippen LogP contribution in [0.15, 0.2) is 12.2 Å². The molecule has 0 aromatic heterocycles. The summed E-state index contributed by atoms with van der Waals surface area (Å²) in [4.78, 5) is 22.2. The first-order chi connectivity index (χ1) is 6.88. The van der Waals surface area contributed by atoms with E-state index in [4.69, 9.17) is 10.5 Å². The minimum Gasteiger partial charge on any atom is -0.431 e. The highest BCUT2D eigenvalue weighted by molar-refractivity contribution is 5.94. The van der Waals surface area contributed by atoms with E-state index in [1.54, 1.807) is 13.8 Å². The second-order valence-corrected chi connectivity index (χ2v) is 3.29. The van der Waals surface area contributed by atoms with E-state index < -0.39 is 18.2 Å². The van der Waals surface area contributed by atoms with Crippen LogP contribution in [-0.2, 0) is 14.3 Å². The van der Waals surface area contributed by atoms with Crippen LogP contribution in [0.3, 0.4) is 0 Å². The monoisotopic (exact) mass is 215 g/mol. The molecule has 15 heavy (non-hydrogen) atoms. The molecule has 0 aliphatic heterocycles. The maximum atomic E-state index is 11.2. The van der Waals surface area contributed by atoms with Gasteiger partial charge in [0.05, 0.1) is 0 Å². The second kappa shape index (κ2) is 6.19. The molecule has 0 saturated heterocycles. The number of carbonyl (C=O) groups excluding carboxylic acids is 2. The lowest BCUT2D eigenvalue weighted by molar-refractivity contribution is -0.136. The fourth-order valence-electron chi connectivity index (χ4n) is 0.599. The molecule has 86 valence electrons. The van der Waals surface area contributed by atoms with Crippen LogP contribution in [0.4, 0.5) is 4.79 Å². The average molecular weight is 215 g/mol. The number of carbonyl (C=O) groups is 2. The van der Waals surface area contributed by atoms with Crippen molar-refractivity contribution in [1.82, 2.24) is 0 Å². The van der Waals surface area contributed by atoms with Crippen molar-refractivity contribution in [2.24, 2.45) is 5.73 Å². The Morgan fingerprint density at radius 3 is 2.33 bits per heavy atom. The van der Waals surface area contributed by atoms with Crippen LogP contribution in [0, 0.1) is 0 Å². The number of rotatable bonds is 4. The number of esters is 1. The van der Waals surface area contributed by atoms with Crippen molar-refractivity contribution in [2.45, 2.75) is 39.3 Å². The molecule has 0 bridgehead atoms. The summed E-state index contributed by atoms with van der Waals surface area (Å²) in [7, 11) is 0. The molecule has 0 amide bonds. The Balaban J connectivity index is 4.08. The Hall–Kier alpha value is -1.36. The Morgan fingerprint density at radius 2 is 1.93 bits per heavy atom. The minimum absolute atomic E-state index is 0.0381. The lowest BCUT2D eigenvalue weighted by atomic mass is 10.2. The van der Waals surface area contributed by atoms with Crippen molar-refractivity contribution in [3.05, 3.63) is 12.2 Å². The standard InChI is InChI=1S/C10H17NO4/c1-5-6(2)14-10(13)15-9(12)7(3)8(4)11/h6,8H,3,5,11H2,1-2,4H3/t6?,8-/m1/s1. The summed E-state index contributed by atoms with van der Waals surface area (Å²) >= 11 is 0. The lowest BCUT2D eigenvalue weighted by Gasteiger charge is -2.11. The van der Waals surface area contributed by atoms with Crippen molar-refractivity contribution in [3.63, 3.8) is 0 Å². The minimum atomic E-state index is -1.02. The molecule has 5 heteroatoms. The molecule has 0 fully saturated rings. The predicted molar refractivity (Wildman–Crippen MR) is 55.1 cm³/mol. The van der Waals surface area contributed by atoms with Gasteiger partial charge in [0.1, 0.15) is 6.10 Å². The average Bonchev–Trinajstić information content (AvgIpc) is 2.15. The number of hydrogen-bond donors (Lipinski definition) is 1. The first-order valence-corrected chi connectivity index (χ1v) is 4.75. The lowest BCUT2D eigenvalue weighted by Crippen LogP contribution is -2.27. The molecular weight excluding hydrogens is 198 g/mol. The van der Waals surface area contributed by atoms with Gasteiger partial charge in [0.2, 0.25) is 0 Å². The Kier molecular flexibility index (Phi) is 5.62. The van der Waals surface area contributed by atoms with E-state index >= 15 is 0 Å². The summed E-state index contributed by atoms with van der Waals surface area (Å²) in [6.45, 7) is 8.52. The summed E-state index contributed by atoms with van der Waals surface area (Å²) in [5.41, 5.74) is 5.43. The van der Waals surface area contributed by atoms with E-state index in [2.05, 4.69) is 11.3 Å². The fraction of sp³-hybridized carbons (Fsp3) is 0.600. The zero-order valence-corrected chi connectivity index (χ0v) is 9.28. The highest BCUT2D eigenvalue weighted by atomic mass is 16.7. The van der Waals surface area contributed by atoms with Crippen molar-refractivity contribution in [2.75, 3.05) is 0 Å². The van der Waals surface area contributed by atoms with Crippen LogP contribution in [0.25, 0.3) is 0 Å². The molecule has 0 heterocycles. The van der Waals surface area contributed by atoms with Crippen molar-refractivity contribution < 1.29 is 19.1 Å². The molecule has 0 aliphatic carbocycles. The Bertz CT molecular complexity index is 260. The van der Waals surface area contributed by atoms with Crippen LogP contribution >= 0.6 is 0 Å². The highest BCUT2D eigenvalue weighted by Gasteiger charge is 2.18. The van der Waals surface area contributed by atoms with Gasteiger partial charge in [0.15, 0.2) is 0 Å². The molecule has 2 atom stereocenters. The normalized spacial score (nSPS) is 13.9. The van der Waals surface area contributed by atoms with E-state index in [-0.39, 0.29) is 11.7 Å². The molecule has 2 N–H and O–H groups in total. The maximum absolute atomic E-state index is 11.2. The highest BCUT2D eigenvalue weighted by Crippen LogP contribution is 2.03. The van der Waals surface area contributed by atoms with Crippen molar-refractivity contribution in [3.8, 4) is 0 Å². The van der Waals surface area contributed by atoms with Gasteiger partial charge >= 0.3 is 12.1 Å². The molecule has 0 aliphatic rings. The fourth-order valence-corrected chi connectivity index (χ4v) is 0.599. The molecular formula is C10H17NO4. The quantitative estimate of drug-likeness (QED) is 0.435. The zero-order valence-electron chi connectivity index (χ0n) is 9.28. The summed E-state index contributed by atoms with van der Waals surface area (Å²) in [6.07, 6.45) is -0.651. The molecule has 0 saturated carbocycles. The smallest absolute Gasteiger partial charge is 0.431 e. The van der Waals surface area contributed by atoms with Gasteiger partial charge in [-0.3, -0.25) is 0 Å². The number of ether oxygens (including phenoxy) is 2. The second-order valence-electron chi connectivity index (χ2n) is 3.29.